The zero-order valence-electron chi connectivity index (χ0n) is 19.2. The Kier molecular flexibility index (Phi) is 7.56. The number of anilines is 1. The molecule has 36 heavy (non-hydrogen) atoms. The van der Waals surface area contributed by atoms with Gasteiger partial charge in [-0.3, -0.25) is 29.4 Å². The second-order valence-electron chi connectivity index (χ2n) is 8.16. The maximum atomic E-state index is 13.1. The number of hydrogen-bond acceptors (Lipinski definition) is 5. The first-order chi connectivity index (χ1) is 17.3. The van der Waals surface area contributed by atoms with Gasteiger partial charge in [-0.1, -0.05) is 23.7 Å². The van der Waals surface area contributed by atoms with E-state index >= 15 is 0 Å². The summed E-state index contributed by atoms with van der Waals surface area (Å²) in [6.45, 7) is 0.613. The lowest BCUT2D eigenvalue weighted by Gasteiger charge is -2.22. The quantitative estimate of drug-likeness (QED) is 0.128. The predicted octanol–water partition coefficient (Wildman–Crippen LogP) is 5.37. The molecule has 0 saturated heterocycles. The monoisotopic (exact) mass is 503 g/mol. The number of benzene rings is 3. The van der Waals surface area contributed by atoms with E-state index in [9.17, 15) is 24.5 Å². The van der Waals surface area contributed by atoms with Crippen molar-refractivity contribution in [2.75, 3.05) is 18.0 Å². The summed E-state index contributed by atoms with van der Waals surface area (Å²) >= 11 is 6.00. The molecule has 0 N–H and O–H groups in total. The number of unbranched alkanes of at least 4 members (excludes halogenated alkanes) is 1. The number of carbonyl (C=O) groups is 3. The Morgan fingerprint density at radius 2 is 1.53 bits per heavy atom. The SMILES string of the molecule is O=C1c2ccccc2C(=O)N1CCCCN(C(=O)/C=C/c1ccc([N+](=O)[O-])cc1)c1ccc(Cl)cc1. The van der Waals surface area contributed by atoms with Gasteiger partial charge in [0.25, 0.3) is 23.4 Å². The van der Waals surface area contributed by atoms with Crippen LogP contribution in [0.15, 0.2) is 78.9 Å². The number of rotatable bonds is 9. The van der Waals surface area contributed by atoms with Gasteiger partial charge in [0.1, 0.15) is 0 Å². The molecule has 0 radical (unpaired) electrons. The van der Waals surface area contributed by atoms with E-state index < -0.39 is 4.92 Å². The van der Waals surface area contributed by atoms with E-state index in [1.165, 1.54) is 23.1 Å². The fourth-order valence-corrected chi connectivity index (χ4v) is 4.06. The van der Waals surface area contributed by atoms with Gasteiger partial charge in [0.2, 0.25) is 0 Å². The molecule has 0 unspecified atom stereocenters. The van der Waals surface area contributed by atoms with Crippen LogP contribution in [0.2, 0.25) is 5.02 Å². The predicted molar refractivity (Wildman–Crippen MR) is 137 cm³/mol. The molecule has 3 aromatic carbocycles. The van der Waals surface area contributed by atoms with E-state index in [1.807, 2.05) is 0 Å². The van der Waals surface area contributed by atoms with Crippen molar-refractivity contribution in [2.45, 2.75) is 12.8 Å². The van der Waals surface area contributed by atoms with Gasteiger partial charge in [-0.05, 0) is 73.0 Å². The van der Waals surface area contributed by atoms with E-state index in [1.54, 1.807) is 71.6 Å². The fourth-order valence-electron chi connectivity index (χ4n) is 3.93. The average Bonchev–Trinajstić information content (AvgIpc) is 3.13. The van der Waals surface area contributed by atoms with Crippen LogP contribution in [-0.4, -0.2) is 40.6 Å². The molecule has 3 amide bonds. The van der Waals surface area contributed by atoms with Gasteiger partial charge in [0.15, 0.2) is 0 Å². The van der Waals surface area contributed by atoms with Crippen LogP contribution >= 0.6 is 11.6 Å². The molecule has 1 heterocycles. The van der Waals surface area contributed by atoms with E-state index in [0.29, 0.717) is 46.8 Å². The molecule has 0 spiro atoms. The number of amides is 3. The highest BCUT2D eigenvalue weighted by Gasteiger charge is 2.34. The minimum absolute atomic E-state index is 0.0284. The third-order valence-corrected chi connectivity index (χ3v) is 6.07. The molecule has 9 heteroatoms. The van der Waals surface area contributed by atoms with Gasteiger partial charge < -0.3 is 4.90 Å². The highest BCUT2D eigenvalue weighted by Crippen LogP contribution is 2.24. The second kappa shape index (κ2) is 11.0. The van der Waals surface area contributed by atoms with Crippen molar-refractivity contribution < 1.29 is 19.3 Å². The number of non-ortho nitro benzene ring substituents is 1. The van der Waals surface area contributed by atoms with Crippen molar-refractivity contribution in [1.29, 1.82) is 0 Å². The second-order valence-corrected chi connectivity index (χ2v) is 8.60. The maximum absolute atomic E-state index is 13.1. The number of imide groups is 1. The van der Waals surface area contributed by atoms with Crippen molar-refractivity contribution >= 4 is 46.8 Å². The summed E-state index contributed by atoms with van der Waals surface area (Å²) < 4.78 is 0. The van der Waals surface area contributed by atoms with E-state index in [4.69, 9.17) is 11.6 Å². The zero-order chi connectivity index (χ0) is 25.7. The Morgan fingerprint density at radius 1 is 0.917 bits per heavy atom. The Balaban J connectivity index is 1.41. The molecule has 1 aliphatic rings. The number of fused-ring (bicyclic) bond motifs is 1. The van der Waals surface area contributed by atoms with E-state index in [-0.39, 0.29) is 30.0 Å². The number of carbonyl (C=O) groups excluding carboxylic acids is 3. The molecule has 0 saturated carbocycles. The van der Waals surface area contributed by atoms with Crippen molar-refractivity contribution in [3.8, 4) is 0 Å². The molecule has 182 valence electrons. The van der Waals surface area contributed by atoms with Gasteiger partial charge in [-0.2, -0.15) is 0 Å². The first-order valence-corrected chi connectivity index (χ1v) is 11.7. The lowest BCUT2D eigenvalue weighted by molar-refractivity contribution is -0.384. The summed E-state index contributed by atoms with van der Waals surface area (Å²) in [5, 5.41) is 11.4. The first-order valence-electron chi connectivity index (χ1n) is 11.3. The highest BCUT2D eigenvalue weighted by atomic mass is 35.5. The van der Waals surface area contributed by atoms with Crippen LogP contribution in [0, 0.1) is 10.1 Å². The normalized spacial score (nSPS) is 12.8. The van der Waals surface area contributed by atoms with Crippen LogP contribution in [0.3, 0.4) is 0 Å². The molecule has 0 atom stereocenters. The average molecular weight is 504 g/mol. The highest BCUT2D eigenvalue weighted by molar-refractivity contribution is 6.30. The topological polar surface area (TPSA) is 101 Å². The molecule has 4 rings (SSSR count). The van der Waals surface area contributed by atoms with Crippen LogP contribution in [0.4, 0.5) is 11.4 Å². The molecule has 0 aromatic heterocycles. The third kappa shape index (κ3) is 5.50. The minimum Gasteiger partial charge on any atom is -0.309 e. The van der Waals surface area contributed by atoms with Gasteiger partial charge >= 0.3 is 0 Å². The number of hydrogen-bond donors (Lipinski definition) is 0. The van der Waals surface area contributed by atoms with Crippen molar-refractivity contribution in [1.82, 2.24) is 4.90 Å². The Labute approximate surface area is 212 Å². The Hall–Kier alpha value is -4.30. The molecular formula is C27H22ClN3O5. The van der Waals surface area contributed by atoms with Crippen molar-refractivity contribution in [2.24, 2.45) is 0 Å². The summed E-state index contributed by atoms with van der Waals surface area (Å²) in [5.74, 6) is -0.879. The Bertz CT molecular complexity index is 1300. The molecule has 1 aliphatic heterocycles. The lowest BCUT2D eigenvalue weighted by atomic mass is 10.1. The summed E-state index contributed by atoms with van der Waals surface area (Å²) in [4.78, 5) is 51.3. The summed E-state index contributed by atoms with van der Waals surface area (Å²) in [5.41, 5.74) is 2.10. The maximum Gasteiger partial charge on any atom is 0.269 e. The largest absolute Gasteiger partial charge is 0.309 e. The van der Waals surface area contributed by atoms with Crippen LogP contribution in [0.5, 0.6) is 0 Å². The molecule has 3 aromatic rings. The fraction of sp³-hybridized carbons (Fsp3) is 0.148. The summed E-state index contributed by atoms with van der Waals surface area (Å²) in [7, 11) is 0. The van der Waals surface area contributed by atoms with Crippen LogP contribution in [0.25, 0.3) is 6.08 Å². The molecule has 8 nitrogen and oxygen atoms in total. The molecule has 0 aliphatic carbocycles. The zero-order valence-corrected chi connectivity index (χ0v) is 19.9. The number of nitrogens with zero attached hydrogens (tertiary/aromatic N) is 3. The lowest BCUT2D eigenvalue weighted by Crippen LogP contribution is -2.33. The van der Waals surface area contributed by atoms with Gasteiger partial charge in [-0.25, -0.2) is 0 Å². The van der Waals surface area contributed by atoms with Crippen LogP contribution in [-0.2, 0) is 4.79 Å². The summed E-state index contributed by atoms with van der Waals surface area (Å²) in [6.07, 6.45) is 4.07. The number of nitro groups is 1. The van der Waals surface area contributed by atoms with E-state index in [0.717, 1.165) is 0 Å². The van der Waals surface area contributed by atoms with Crippen molar-refractivity contribution in [3.05, 3.63) is 111 Å². The molecular weight excluding hydrogens is 482 g/mol. The molecule has 0 bridgehead atoms. The van der Waals surface area contributed by atoms with Crippen LogP contribution in [0.1, 0.15) is 39.1 Å². The minimum atomic E-state index is -0.483. The Morgan fingerprint density at radius 3 is 2.11 bits per heavy atom. The smallest absolute Gasteiger partial charge is 0.269 e. The number of halogens is 1. The van der Waals surface area contributed by atoms with Gasteiger partial charge in [-0.15, -0.1) is 0 Å². The van der Waals surface area contributed by atoms with Gasteiger partial charge in [0.05, 0.1) is 16.1 Å². The van der Waals surface area contributed by atoms with Crippen molar-refractivity contribution in [3.63, 3.8) is 0 Å². The summed E-state index contributed by atoms with van der Waals surface area (Å²) in [6, 6.07) is 19.5. The van der Waals surface area contributed by atoms with Crippen LogP contribution < -0.4 is 4.90 Å². The third-order valence-electron chi connectivity index (χ3n) is 5.82. The standard InChI is InChI=1S/C27H22ClN3O5/c28-20-10-14-21(15-11-20)29(25(32)16-9-19-7-12-22(13-8-19)31(35)36)17-3-4-18-30-26(33)23-5-1-2-6-24(23)27(30)34/h1-2,5-16H,3-4,17-18H2/b16-9+. The first kappa shape index (κ1) is 24.8. The van der Waals surface area contributed by atoms with Gasteiger partial charge in [0, 0.05) is 42.0 Å². The molecule has 0 fully saturated rings. The number of nitro benzene ring substituents is 1. The van der Waals surface area contributed by atoms with E-state index in [2.05, 4.69) is 0 Å².